The molecule has 0 spiro atoms. The second-order valence-corrected chi connectivity index (χ2v) is 5.18. The fourth-order valence-corrected chi connectivity index (χ4v) is 2.33. The molecular formula is C16H20N2O5. The maximum atomic E-state index is 12.2. The number of para-hydroxylation sites is 1. The van der Waals surface area contributed by atoms with E-state index in [0.29, 0.717) is 5.69 Å². The largest absolute Gasteiger partial charge is 0.463 e. The number of fused-ring (bicyclic) bond motifs is 1. The predicted octanol–water partition coefficient (Wildman–Crippen LogP) is 1.74. The number of likely N-dealkylation sites (N-methyl/N-ethyl adjacent to an activating group) is 1. The molecule has 0 aromatic heterocycles. The van der Waals surface area contributed by atoms with Crippen LogP contribution in [0.1, 0.15) is 24.8 Å². The van der Waals surface area contributed by atoms with E-state index >= 15 is 0 Å². The summed E-state index contributed by atoms with van der Waals surface area (Å²) in [6.45, 7) is 2.29. The van der Waals surface area contributed by atoms with Gasteiger partial charge in [0.15, 0.2) is 0 Å². The SMILES string of the molecule is CCOC(=O)N(C)CCOC(=O)C1CC(=O)Nc2ccccc21. The second kappa shape index (κ2) is 7.62. The van der Waals surface area contributed by atoms with Crippen LogP contribution in [0.25, 0.3) is 0 Å². The number of nitrogens with one attached hydrogen (secondary N) is 1. The molecule has 1 aliphatic rings. The number of carbonyl (C=O) groups excluding carboxylic acids is 3. The highest BCUT2D eigenvalue weighted by molar-refractivity contribution is 5.99. The van der Waals surface area contributed by atoms with Gasteiger partial charge in [-0.2, -0.15) is 0 Å². The third-order valence-corrected chi connectivity index (χ3v) is 3.53. The minimum atomic E-state index is -0.618. The van der Waals surface area contributed by atoms with Crippen molar-refractivity contribution in [1.82, 2.24) is 4.90 Å². The van der Waals surface area contributed by atoms with Crippen molar-refractivity contribution in [1.29, 1.82) is 0 Å². The van der Waals surface area contributed by atoms with E-state index in [0.717, 1.165) is 5.56 Å². The number of ether oxygens (including phenoxy) is 2. The average molecular weight is 320 g/mol. The summed E-state index contributed by atoms with van der Waals surface area (Å²) in [6.07, 6.45) is -0.408. The third-order valence-electron chi connectivity index (χ3n) is 3.53. The topological polar surface area (TPSA) is 84.9 Å². The molecule has 124 valence electrons. The lowest BCUT2D eigenvalue weighted by Gasteiger charge is -2.24. The van der Waals surface area contributed by atoms with Crippen molar-refractivity contribution in [3.05, 3.63) is 29.8 Å². The van der Waals surface area contributed by atoms with Gasteiger partial charge in [-0.05, 0) is 18.6 Å². The molecule has 1 N–H and O–H groups in total. The smallest absolute Gasteiger partial charge is 0.409 e. The summed E-state index contributed by atoms with van der Waals surface area (Å²) in [4.78, 5) is 36.7. The number of rotatable bonds is 5. The Balaban J connectivity index is 1.91. The molecule has 2 rings (SSSR count). The first-order valence-corrected chi connectivity index (χ1v) is 7.46. The summed E-state index contributed by atoms with van der Waals surface area (Å²) >= 11 is 0. The van der Waals surface area contributed by atoms with Crippen molar-refractivity contribution in [2.75, 3.05) is 32.1 Å². The highest BCUT2D eigenvalue weighted by Gasteiger charge is 2.31. The summed E-state index contributed by atoms with van der Waals surface area (Å²) in [6, 6.07) is 7.15. The minimum Gasteiger partial charge on any atom is -0.463 e. The van der Waals surface area contributed by atoms with Crippen LogP contribution in [-0.4, -0.2) is 49.7 Å². The Labute approximate surface area is 134 Å². The number of hydrogen-bond acceptors (Lipinski definition) is 5. The van der Waals surface area contributed by atoms with Crippen LogP contribution in [0, 0.1) is 0 Å². The Kier molecular flexibility index (Phi) is 5.56. The van der Waals surface area contributed by atoms with Crippen LogP contribution < -0.4 is 5.32 Å². The van der Waals surface area contributed by atoms with Crippen molar-refractivity contribution in [3.63, 3.8) is 0 Å². The van der Waals surface area contributed by atoms with Gasteiger partial charge < -0.3 is 19.7 Å². The lowest BCUT2D eigenvalue weighted by Crippen LogP contribution is -2.33. The van der Waals surface area contributed by atoms with E-state index in [4.69, 9.17) is 9.47 Å². The van der Waals surface area contributed by atoms with Crippen molar-refractivity contribution >= 4 is 23.7 Å². The number of nitrogens with zero attached hydrogens (tertiary/aromatic N) is 1. The zero-order chi connectivity index (χ0) is 16.8. The maximum Gasteiger partial charge on any atom is 0.409 e. The second-order valence-electron chi connectivity index (χ2n) is 5.18. The third kappa shape index (κ3) is 4.21. The Morgan fingerprint density at radius 3 is 2.78 bits per heavy atom. The normalized spacial score (nSPS) is 16.1. The standard InChI is InChI=1S/C16H20N2O5/c1-3-22-16(21)18(2)8-9-23-15(20)12-10-14(19)17-13-7-5-4-6-11(12)13/h4-7,12H,3,8-10H2,1-2H3,(H,17,19). The summed E-state index contributed by atoms with van der Waals surface area (Å²) in [5.74, 6) is -1.30. The number of hydrogen-bond donors (Lipinski definition) is 1. The van der Waals surface area contributed by atoms with E-state index < -0.39 is 18.0 Å². The van der Waals surface area contributed by atoms with Gasteiger partial charge in [0, 0.05) is 19.2 Å². The summed E-state index contributed by atoms with van der Waals surface area (Å²) in [5.41, 5.74) is 1.38. The first-order chi connectivity index (χ1) is 11.0. The van der Waals surface area contributed by atoms with E-state index in [9.17, 15) is 14.4 Å². The van der Waals surface area contributed by atoms with Crippen molar-refractivity contribution in [2.45, 2.75) is 19.3 Å². The van der Waals surface area contributed by atoms with Crippen LogP contribution >= 0.6 is 0 Å². The van der Waals surface area contributed by atoms with E-state index in [1.54, 1.807) is 32.2 Å². The lowest BCUT2D eigenvalue weighted by molar-refractivity contribution is -0.147. The van der Waals surface area contributed by atoms with Crippen LogP contribution in [0.5, 0.6) is 0 Å². The Morgan fingerprint density at radius 1 is 1.30 bits per heavy atom. The minimum absolute atomic E-state index is 0.0500. The predicted molar refractivity (Wildman–Crippen MR) is 83.0 cm³/mol. The number of amides is 2. The maximum absolute atomic E-state index is 12.2. The first-order valence-electron chi connectivity index (χ1n) is 7.46. The molecular weight excluding hydrogens is 300 g/mol. The van der Waals surface area contributed by atoms with Gasteiger partial charge in [-0.15, -0.1) is 0 Å². The van der Waals surface area contributed by atoms with E-state index in [2.05, 4.69) is 5.32 Å². The quantitative estimate of drug-likeness (QED) is 0.835. The fourth-order valence-electron chi connectivity index (χ4n) is 2.33. The molecule has 0 saturated carbocycles. The molecule has 1 aromatic rings. The van der Waals surface area contributed by atoms with Gasteiger partial charge in [-0.25, -0.2) is 4.79 Å². The number of carbonyl (C=O) groups is 3. The van der Waals surface area contributed by atoms with Crippen LogP contribution in [0.2, 0.25) is 0 Å². The summed E-state index contributed by atoms with van der Waals surface area (Å²) in [7, 11) is 1.56. The number of anilines is 1. The number of esters is 1. The van der Waals surface area contributed by atoms with Gasteiger partial charge in [-0.1, -0.05) is 18.2 Å². The average Bonchev–Trinajstić information content (AvgIpc) is 2.53. The Bertz CT molecular complexity index is 602. The molecule has 23 heavy (non-hydrogen) atoms. The van der Waals surface area contributed by atoms with Crippen molar-refractivity contribution in [3.8, 4) is 0 Å². The summed E-state index contributed by atoms with van der Waals surface area (Å²) < 4.78 is 10.0. The van der Waals surface area contributed by atoms with Crippen LogP contribution in [0.4, 0.5) is 10.5 Å². The van der Waals surface area contributed by atoms with Gasteiger partial charge in [-0.3, -0.25) is 9.59 Å². The molecule has 0 saturated heterocycles. The van der Waals surface area contributed by atoms with Gasteiger partial charge in [0.25, 0.3) is 0 Å². The molecule has 0 radical (unpaired) electrons. The zero-order valence-corrected chi connectivity index (χ0v) is 13.2. The van der Waals surface area contributed by atoms with Gasteiger partial charge >= 0.3 is 12.1 Å². The number of benzene rings is 1. The van der Waals surface area contributed by atoms with Gasteiger partial charge in [0.05, 0.1) is 19.1 Å². The molecule has 1 heterocycles. The molecule has 1 aromatic carbocycles. The van der Waals surface area contributed by atoms with E-state index in [-0.39, 0.29) is 32.1 Å². The van der Waals surface area contributed by atoms with E-state index in [1.807, 2.05) is 6.07 Å². The molecule has 0 aliphatic carbocycles. The van der Waals surface area contributed by atoms with Crippen LogP contribution in [0.15, 0.2) is 24.3 Å². The fraction of sp³-hybridized carbons (Fsp3) is 0.438. The lowest BCUT2D eigenvalue weighted by atomic mass is 9.91. The molecule has 1 aliphatic heterocycles. The molecule has 0 fully saturated rings. The molecule has 2 amide bonds. The van der Waals surface area contributed by atoms with Crippen LogP contribution in [0.3, 0.4) is 0 Å². The van der Waals surface area contributed by atoms with Crippen LogP contribution in [-0.2, 0) is 19.1 Å². The van der Waals surface area contributed by atoms with Gasteiger partial charge in [0.1, 0.15) is 6.61 Å². The molecule has 7 nitrogen and oxygen atoms in total. The highest BCUT2D eigenvalue weighted by Crippen LogP contribution is 2.32. The molecule has 0 bridgehead atoms. The molecule has 1 atom stereocenters. The van der Waals surface area contributed by atoms with Crippen molar-refractivity contribution in [2.24, 2.45) is 0 Å². The molecule has 7 heteroatoms. The summed E-state index contributed by atoms with van der Waals surface area (Å²) in [5, 5.41) is 2.73. The Morgan fingerprint density at radius 2 is 2.04 bits per heavy atom. The zero-order valence-electron chi connectivity index (χ0n) is 13.2. The van der Waals surface area contributed by atoms with E-state index in [1.165, 1.54) is 4.90 Å². The molecule has 1 unspecified atom stereocenters. The Hall–Kier alpha value is -2.57. The highest BCUT2D eigenvalue weighted by atomic mass is 16.6. The van der Waals surface area contributed by atoms with Gasteiger partial charge in [0.2, 0.25) is 5.91 Å². The van der Waals surface area contributed by atoms with Crippen molar-refractivity contribution < 1.29 is 23.9 Å². The first kappa shape index (κ1) is 16.8. The monoisotopic (exact) mass is 320 g/mol.